The van der Waals surface area contributed by atoms with Crippen molar-refractivity contribution in [3.8, 4) is 0 Å². The summed E-state index contributed by atoms with van der Waals surface area (Å²) in [6, 6.07) is 11.0. The van der Waals surface area contributed by atoms with E-state index in [1.807, 2.05) is 30.5 Å². The van der Waals surface area contributed by atoms with Crippen molar-refractivity contribution in [2.24, 2.45) is 14.1 Å². The highest BCUT2D eigenvalue weighted by molar-refractivity contribution is 9.10. The number of nitrogens with zero attached hydrogens (tertiary/aromatic N) is 3. The standard InChI is InChI=1S/C19H19BrN4O3S/c1-22(11-13-6-4-5-12-7-8-21-18(12)13)28(26,27)17-10-16-15(9-14(17)20)23(2)19(25)24(16)3/h4-10,21H,11H2,1-3H3. The maximum Gasteiger partial charge on any atom is 0.328 e. The van der Waals surface area contributed by atoms with Gasteiger partial charge in [-0.15, -0.1) is 0 Å². The first kappa shape index (κ1) is 19.0. The van der Waals surface area contributed by atoms with E-state index in [0.29, 0.717) is 15.5 Å². The number of halogens is 1. The zero-order valence-electron chi connectivity index (χ0n) is 15.6. The third-order valence-electron chi connectivity index (χ3n) is 5.08. The van der Waals surface area contributed by atoms with E-state index in [9.17, 15) is 13.2 Å². The Balaban J connectivity index is 1.79. The second-order valence-corrected chi connectivity index (χ2v) is 9.66. The van der Waals surface area contributed by atoms with Gasteiger partial charge in [0.1, 0.15) is 0 Å². The van der Waals surface area contributed by atoms with Crippen LogP contribution in [0.15, 0.2) is 56.8 Å². The van der Waals surface area contributed by atoms with Crippen molar-refractivity contribution >= 4 is 47.9 Å². The molecule has 2 heterocycles. The number of rotatable bonds is 4. The molecule has 0 fully saturated rings. The number of fused-ring (bicyclic) bond motifs is 2. The predicted octanol–water partition coefficient (Wildman–Crippen LogP) is 2.94. The van der Waals surface area contributed by atoms with E-state index in [2.05, 4.69) is 20.9 Å². The summed E-state index contributed by atoms with van der Waals surface area (Å²) < 4.78 is 31.2. The minimum Gasteiger partial charge on any atom is -0.361 e. The summed E-state index contributed by atoms with van der Waals surface area (Å²) in [5, 5.41) is 1.03. The van der Waals surface area contributed by atoms with Crippen LogP contribution in [-0.4, -0.2) is 33.9 Å². The number of benzene rings is 2. The molecule has 0 bridgehead atoms. The van der Waals surface area contributed by atoms with Crippen LogP contribution >= 0.6 is 15.9 Å². The van der Waals surface area contributed by atoms with Gasteiger partial charge in [-0.1, -0.05) is 18.2 Å². The van der Waals surface area contributed by atoms with E-state index in [-0.39, 0.29) is 17.1 Å². The number of hydrogen-bond acceptors (Lipinski definition) is 3. The number of para-hydroxylation sites is 1. The van der Waals surface area contributed by atoms with Crippen LogP contribution in [0.25, 0.3) is 21.9 Å². The van der Waals surface area contributed by atoms with Crippen LogP contribution in [0.1, 0.15) is 5.56 Å². The van der Waals surface area contributed by atoms with Crippen molar-refractivity contribution in [3.05, 3.63) is 63.1 Å². The van der Waals surface area contributed by atoms with Gasteiger partial charge < -0.3 is 4.98 Å². The Labute approximate surface area is 170 Å². The smallest absolute Gasteiger partial charge is 0.328 e. The number of hydrogen-bond donors (Lipinski definition) is 1. The first-order chi connectivity index (χ1) is 13.2. The van der Waals surface area contributed by atoms with Crippen LogP contribution < -0.4 is 5.69 Å². The Morgan fingerprint density at radius 2 is 1.79 bits per heavy atom. The number of aromatic amines is 1. The minimum absolute atomic E-state index is 0.127. The normalized spacial score (nSPS) is 12.5. The lowest BCUT2D eigenvalue weighted by Crippen LogP contribution is -2.27. The molecule has 4 rings (SSSR count). The third kappa shape index (κ3) is 2.81. The average Bonchev–Trinajstić information content (AvgIpc) is 3.22. The second-order valence-electron chi connectivity index (χ2n) is 6.79. The molecule has 0 spiro atoms. The molecule has 0 unspecified atom stereocenters. The summed E-state index contributed by atoms with van der Waals surface area (Å²) in [5.74, 6) is 0. The molecule has 0 atom stereocenters. The zero-order chi connectivity index (χ0) is 20.2. The molecule has 0 saturated heterocycles. The van der Waals surface area contributed by atoms with Crippen LogP contribution in [-0.2, 0) is 30.7 Å². The van der Waals surface area contributed by atoms with Crippen molar-refractivity contribution in [2.75, 3.05) is 7.05 Å². The lowest BCUT2D eigenvalue weighted by molar-refractivity contribution is 0.467. The summed E-state index contributed by atoms with van der Waals surface area (Å²) in [6.45, 7) is 0.221. The summed E-state index contributed by atoms with van der Waals surface area (Å²) in [4.78, 5) is 15.5. The molecule has 146 valence electrons. The fraction of sp³-hybridized carbons (Fsp3) is 0.211. The molecule has 2 aromatic carbocycles. The third-order valence-corrected chi connectivity index (χ3v) is 7.84. The summed E-state index contributed by atoms with van der Waals surface area (Å²) >= 11 is 3.37. The summed E-state index contributed by atoms with van der Waals surface area (Å²) in [7, 11) is 1.06. The highest BCUT2D eigenvalue weighted by Crippen LogP contribution is 2.30. The number of H-pyrrole nitrogens is 1. The largest absolute Gasteiger partial charge is 0.361 e. The van der Waals surface area contributed by atoms with Crippen LogP contribution in [0.5, 0.6) is 0 Å². The highest BCUT2D eigenvalue weighted by atomic mass is 79.9. The van der Waals surface area contributed by atoms with Gasteiger partial charge in [0.05, 0.1) is 15.9 Å². The van der Waals surface area contributed by atoms with Gasteiger partial charge in [-0.3, -0.25) is 9.13 Å². The summed E-state index contributed by atoms with van der Waals surface area (Å²) in [5.41, 5.74) is 2.83. The van der Waals surface area contributed by atoms with Crippen LogP contribution in [0.4, 0.5) is 0 Å². The van der Waals surface area contributed by atoms with Gasteiger partial charge in [0, 0.05) is 43.9 Å². The van der Waals surface area contributed by atoms with Crippen LogP contribution in [0.3, 0.4) is 0 Å². The van der Waals surface area contributed by atoms with Gasteiger partial charge in [0.2, 0.25) is 10.0 Å². The topological polar surface area (TPSA) is 80.1 Å². The number of sulfonamides is 1. The van der Waals surface area contributed by atoms with E-state index >= 15 is 0 Å². The first-order valence-corrected chi connectivity index (χ1v) is 10.8. The molecule has 0 aliphatic heterocycles. The van der Waals surface area contributed by atoms with Gasteiger partial charge in [-0.05, 0) is 45.1 Å². The molecule has 9 heteroatoms. The molecule has 0 saturated carbocycles. The second kappa shape index (κ2) is 6.61. The zero-order valence-corrected chi connectivity index (χ0v) is 18.0. The molecular formula is C19H19BrN4O3S. The fourth-order valence-corrected chi connectivity index (χ4v) is 5.63. The molecule has 0 radical (unpaired) electrons. The van der Waals surface area contributed by atoms with Crippen LogP contribution in [0.2, 0.25) is 0 Å². The number of aromatic nitrogens is 3. The van der Waals surface area contributed by atoms with E-state index in [1.54, 1.807) is 33.3 Å². The monoisotopic (exact) mass is 462 g/mol. The molecular weight excluding hydrogens is 444 g/mol. The van der Waals surface area contributed by atoms with Crippen molar-refractivity contribution in [1.29, 1.82) is 0 Å². The number of aryl methyl sites for hydroxylation is 2. The van der Waals surface area contributed by atoms with Gasteiger partial charge in [0.25, 0.3) is 0 Å². The fourth-order valence-electron chi connectivity index (χ4n) is 3.47. The molecule has 2 aromatic heterocycles. The molecule has 1 N–H and O–H groups in total. The minimum atomic E-state index is -3.78. The van der Waals surface area contributed by atoms with Crippen molar-refractivity contribution in [2.45, 2.75) is 11.4 Å². The van der Waals surface area contributed by atoms with Gasteiger partial charge in [-0.2, -0.15) is 4.31 Å². The molecule has 4 aromatic rings. The maximum absolute atomic E-state index is 13.3. The molecule has 0 aliphatic carbocycles. The Bertz CT molecular complexity index is 1380. The SMILES string of the molecule is CN(Cc1cccc2cc[nH]c12)S(=O)(=O)c1cc2c(cc1Br)n(C)c(=O)n2C. The molecule has 28 heavy (non-hydrogen) atoms. The van der Waals surface area contributed by atoms with Gasteiger partial charge in [0.15, 0.2) is 0 Å². The van der Waals surface area contributed by atoms with E-state index < -0.39 is 10.0 Å². The first-order valence-electron chi connectivity index (χ1n) is 8.58. The van der Waals surface area contributed by atoms with Gasteiger partial charge in [-0.25, -0.2) is 13.2 Å². The van der Waals surface area contributed by atoms with Crippen LogP contribution in [0, 0.1) is 0 Å². The van der Waals surface area contributed by atoms with Crippen molar-refractivity contribution in [1.82, 2.24) is 18.4 Å². The Morgan fingerprint density at radius 3 is 2.50 bits per heavy atom. The lowest BCUT2D eigenvalue weighted by atomic mass is 10.1. The molecule has 7 nitrogen and oxygen atoms in total. The van der Waals surface area contributed by atoms with E-state index in [4.69, 9.17) is 0 Å². The average molecular weight is 463 g/mol. The molecule has 0 amide bonds. The Hall–Kier alpha value is -2.36. The van der Waals surface area contributed by atoms with E-state index in [1.165, 1.54) is 13.4 Å². The maximum atomic E-state index is 13.3. The Morgan fingerprint density at radius 1 is 1.11 bits per heavy atom. The predicted molar refractivity (Wildman–Crippen MR) is 113 cm³/mol. The van der Waals surface area contributed by atoms with Crippen molar-refractivity contribution in [3.63, 3.8) is 0 Å². The van der Waals surface area contributed by atoms with Gasteiger partial charge >= 0.3 is 5.69 Å². The number of nitrogens with one attached hydrogen (secondary N) is 1. The van der Waals surface area contributed by atoms with Crippen molar-refractivity contribution < 1.29 is 8.42 Å². The summed E-state index contributed by atoms with van der Waals surface area (Å²) in [6.07, 6.45) is 1.84. The number of imidazole rings is 1. The quantitative estimate of drug-likeness (QED) is 0.506. The highest BCUT2D eigenvalue weighted by Gasteiger charge is 2.26. The molecule has 0 aliphatic rings. The van der Waals surface area contributed by atoms with E-state index in [0.717, 1.165) is 16.5 Å². The Kier molecular flexibility index (Phi) is 4.48. The lowest BCUT2D eigenvalue weighted by Gasteiger charge is -2.19.